The lowest BCUT2D eigenvalue weighted by atomic mass is 9.93. The number of aliphatic hydroxyl groups excluding tert-OH is 15. The van der Waals surface area contributed by atoms with Crippen LogP contribution in [-0.2, 0) is 71.3 Å². The van der Waals surface area contributed by atoms with Gasteiger partial charge in [-0.2, -0.15) is 0 Å². The van der Waals surface area contributed by atoms with Crippen molar-refractivity contribution in [2.45, 2.75) is 219 Å². The molecule has 19 N–H and O–H groups in total. The first-order chi connectivity index (χ1) is 36.8. The Balaban J connectivity index is 1.28. The Labute approximate surface area is 443 Å². The summed E-state index contributed by atoms with van der Waals surface area (Å²) < 4.78 is 64.9. The maximum Gasteiger partial charge on any atom is 0.217 e. The largest absolute Gasteiger partial charge is 0.394 e. The van der Waals surface area contributed by atoms with Crippen molar-refractivity contribution < 1.29 is 148 Å². The minimum atomic E-state index is -2.19. The standard InChI is InChI=1S/C44H74N4O30/c1-11-25(57)31(63)33(65)43(69-11)76-36-19(9-52)73-40(24(48-15(5)56)38(36)78-42-22(46-13(3)54)30(62)27(59)17(7-50)72-42)68-10-20-28(60)37(23(39(67)70-20)47-14(4)55)77-44-34(66)32(64)35(18(8-51)74-44)75-41-21(45-12(2)53)29(61)26(58)16(6-49)71-41/h11,16-44,49-52,57-67H,6-10H2,1-5H3,(H,45,53)(H,46,54)(H,47,55)(H,48,56)/t11-,16+,17+,18+,19+,20+,21+,22+,23+,24+,25+,26+,27+,28-,29+,30+,31+,32+,33-,34+,35-,36+,37+,38+,39-,40+,41+,42-,43-,44-/m0/s1. The van der Waals surface area contributed by atoms with Crippen LogP contribution in [0.25, 0.3) is 0 Å². The Hall–Kier alpha value is -3.16. The van der Waals surface area contributed by atoms with E-state index in [9.17, 15) is 95.8 Å². The van der Waals surface area contributed by atoms with Crippen LogP contribution in [0.4, 0.5) is 0 Å². The summed E-state index contributed by atoms with van der Waals surface area (Å²) in [5.74, 6) is -3.14. The van der Waals surface area contributed by atoms with Gasteiger partial charge in [0.2, 0.25) is 23.6 Å². The lowest BCUT2D eigenvalue weighted by molar-refractivity contribution is -0.373. The van der Waals surface area contributed by atoms with Crippen LogP contribution in [0.3, 0.4) is 0 Å². The first-order valence-corrected chi connectivity index (χ1v) is 24.9. The number of rotatable bonds is 19. The Morgan fingerprint density at radius 3 is 1.26 bits per heavy atom. The highest BCUT2D eigenvalue weighted by molar-refractivity contribution is 5.74. The van der Waals surface area contributed by atoms with Crippen molar-refractivity contribution in [2.24, 2.45) is 0 Å². The minimum absolute atomic E-state index is 0.728. The van der Waals surface area contributed by atoms with Gasteiger partial charge in [0.05, 0.1) is 39.1 Å². The van der Waals surface area contributed by atoms with Crippen LogP contribution in [-0.4, -0.2) is 317 Å². The van der Waals surface area contributed by atoms with E-state index in [1.54, 1.807) is 0 Å². The lowest BCUT2D eigenvalue weighted by Crippen LogP contribution is -2.71. The highest BCUT2D eigenvalue weighted by atomic mass is 16.8. The van der Waals surface area contributed by atoms with E-state index in [4.69, 9.17) is 52.1 Å². The Morgan fingerprint density at radius 1 is 0.359 bits per heavy atom. The summed E-state index contributed by atoms with van der Waals surface area (Å²) in [6.45, 7) is 0.844. The summed E-state index contributed by atoms with van der Waals surface area (Å²) in [7, 11) is 0. The molecule has 6 saturated heterocycles. The van der Waals surface area contributed by atoms with Gasteiger partial charge >= 0.3 is 0 Å². The van der Waals surface area contributed by atoms with Gasteiger partial charge in [0.25, 0.3) is 0 Å². The van der Waals surface area contributed by atoms with E-state index in [1.807, 2.05) is 0 Å². The first kappa shape index (κ1) is 64.0. The molecule has 6 aliphatic heterocycles. The van der Waals surface area contributed by atoms with Crippen molar-refractivity contribution in [3.05, 3.63) is 0 Å². The summed E-state index contributed by atoms with van der Waals surface area (Å²) in [6, 6.07) is -6.60. The molecule has 450 valence electrons. The fourth-order valence-electron chi connectivity index (χ4n) is 9.97. The predicted octanol–water partition coefficient (Wildman–Crippen LogP) is -12.5. The van der Waals surface area contributed by atoms with Gasteiger partial charge in [-0.05, 0) is 6.92 Å². The fourth-order valence-corrected chi connectivity index (χ4v) is 9.97. The minimum Gasteiger partial charge on any atom is -0.394 e. The third-order valence-electron chi connectivity index (χ3n) is 14.0. The molecule has 78 heavy (non-hydrogen) atoms. The molecule has 0 radical (unpaired) electrons. The average Bonchev–Trinajstić information content (AvgIpc) is 3.38. The number of hydrogen-bond acceptors (Lipinski definition) is 30. The number of carbonyl (C=O) groups is 4. The molecule has 6 aliphatic rings. The van der Waals surface area contributed by atoms with Gasteiger partial charge in [-0.1, -0.05) is 0 Å². The van der Waals surface area contributed by atoms with Gasteiger partial charge in [-0.15, -0.1) is 0 Å². The molecule has 34 heteroatoms. The average molecular weight is 1140 g/mol. The van der Waals surface area contributed by atoms with Crippen molar-refractivity contribution in [3.8, 4) is 0 Å². The molecule has 30 atom stereocenters. The second-order valence-corrected chi connectivity index (χ2v) is 19.7. The number of aliphatic hydroxyl groups is 15. The van der Waals surface area contributed by atoms with Gasteiger partial charge in [-0.25, -0.2) is 0 Å². The summed E-state index contributed by atoms with van der Waals surface area (Å²) in [4.78, 5) is 49.9. The molecule has 0 aromatic carbocycles. The monoisotopic (exact) mass is 1140 g/mol. The molecule has 0 unspecified atom stereocenters. The molecule has 0 aromatic rings. The summed E-state index contributed by atoms with van der Waals surface area (Å²) in [5, 5.41) is 172. The SMILES string of the molecule is CC(=O)N[C@@H]1[C@@H](O[C@@H]2O[C@H](CO)[C@H](O[C@H]3O[C@H](CO)[C@@H](O)[C@H](O)[C@H]3NC(C)=O)[C@H](O)[C@H]2O)[C@@H](O)[C@@H](CO[C@@H]2O[C@H](CO)[C@@H](O[C@@H]3O[C@@H](C)[C@@H](O)[C@@H](O)[C@@H]3O)[C@H](O[C@@H]3O[C@H](CO)[C@@H](O)[C@H](O)[C@H]3NC(C)=O)[C@H]2NC(C)=O)O[C@@H]1O. The van der Waals surface area contributed by atoms with Gasteiger partial charge in [-0.3, -0.25) is 19.2 Å². The highest BCUT2D eigenvalue weighted by Crippen LogP contribution is 2.36. The third-order valence-corrected chi connectivity index (χ3v) is 14.0. The van der Waals surface area contributed by atoms with Crippen molar-refractivity contribution in [2.75, 3.05) is 33.0 Å². The van der Waals surface area contributed by atoms with Crippen molar-refractivity contribution >= 4 is 23.6 Å². The van der Waals surface area contributed by atoms with Crippen LogP contribution in [0.5, 0.6) is 0 Å². The van der Waals surface area contributed by atoms with Crippen LogP contribution < -0.4 is 21.3 Å². The van der Waals surface area contributed by atoms with Crippen molar-refractivity contribution in [3.63, 3.8) is 0 Å². The number of nitrogens with one attached hydrogen (secondary N) is 4. The van der Waals surface area contributed by atoms with E-state index in [0.717, 1.165) is 27.7 Å². The Morgan fingerprint density at radius 2 is 0.756 bits per heavy atom. The predicted molar refractivity (Wildman–Crippen MR) is 244 cm³/mol. The quantitative estimate of drug-likeness (QED) is 0.0571. The number of carbonyl (C=O) groups excluding carboxylic acids is 4. The molecule has 0 saturated carbocycles. The van der Waals surface area contributed by atoms with Gasteiger partial charge in [0, 0.05) is 27.7 Å². The molecular weight excluding hydrogens is 1060 g/mol. The van der Waals surface area contributed by atoms with Crippen LogP contribution in [0.2, 0.25) is 0 Å². The van der Waals surface area contributed by atoms with E-state index >= 15 is 0 Å². The van der Waals surface area contributed by atoms with Crippen molar-refractivity contribution in [1.29, 1.82) is 0 Å². The smallest absolute Gasteiger partial charge is 0.217 e. The maximum absolute atomic E-state index is 13.0. The second-order valence-electron chi connectivity index (χ2n) is 19.7. The molecule has 4 amide bonds. The lowest BCUT2D eigenvalue weighted by Gasteiger charge is -2.51. The highest BCUT2D eigenvalue weighted by Gasteiger charge is 2.58. The zero-order chi connectivity index (χ0) is 57.8. The van der Waals surface area contributed by atoms with Gasteiger partial charge in [0.1, 0.15) is 140 Å². The molecule has 6 heterocycles. The van der Waals surface area contributed by atoms with Crippen LogP contribution >= 0.6 is 0 Å². The molecule has 0 bridgehead atoms. The van der Waals surface area contributed by atoms with Crippen molar-refractivity contribution in [1.82, 2.24) is 21.3 Å². The molecule has 6 fully saturated rings. The zero-order valence-electron chi connectivity index (χ0n) is 42.7. The van der Waals surface area contributed by atoms with E-state index < -0.39 is 241 Å². The van der Waals surface area contributed by atoms with Crippen LogP contribution in [0.15, 0.2) is 0 Å². The molecular formula is C44H74N4O30. The Bertz CT molecular complexity index is 1970. The van der Waals surface area contributed by atoms with E-state index in [0.29, 0.717) is 0 Å². The zero-order valence-corrected chi connectivity index (χ0v) is 42.7. The van der Waals surface area contributed by atoms with Gasteiger partial charge in [0.15, 0.2) is 37.7 Å². The maximum atomic E-state index is 13.0. The molecule has 6 rings (SSSR count). The molecule has 0 aromatic heterocycles. The third kappa shape index (κ3) is 14.4. The summed E-state index contributed by atoms with van der Waals surface area (Å²) in [5.41, 5.74) is 0. The van der Waals surface area contributed by atoms with E-state index in [1.165, 1.54) is 6.92 Å². The summed E-state index contributed by atoms with van der Waals surface area (Å²) in [6.07, 6.45) is -47.1. The number of hydrogen-bond donors (Lipinski definition) is 19. The van der Waals surface area contributed by atoms with Crippen LogP contribution in [0.1, 0.15) is 34.6 Å². The van der Waals surface area contributed by atoms with Crippen LogP contribution in [0, 0.1) is 0 Å². The normalized spacial score (nSPS) is 47.1. The van der Waals surface area contributed by atoms with E-state index in [-0.39, 0.29) is 0 Å². The fraction of sp³-hybridized carbons (Fsp3) is 0.909. The molecule has 0 spiro atoms. The Kier molecular flexibility index (Phi) is 22.8. The van der Waals surface area contributed by atoms with Gasteiger partial charge < -0.3 is 150 Å². The molecule has 34 nitrogen and oxygen atoms in total. The number of amides is 4. The topological polar surface area (TPSA) is 521 Å². The first-order valence-electron chi connectivity index (χ1n) is 24.9. The molecule has 0 aliphatic carbocycles. The number of ether oxygens (including phenoxy) is 11. The summed E-state index contributed by atoms with van der Waals surface area (Å²) >= 11 is 0. The second kappa shape index (κ2) is 27.7. The van der Waals surface area contributed by atoms with E-state index in [2.05, 4.69) is 21.3 Å².